The lowest BCUT2D eigenvalue weighted by Crippen LogP contribution is -2.27. The van der Waals surface area contributed by atoms with E-state index in [0.717, 1.165) is 30.0 Å². The fourth-order valence-corrected chi connectivity index (χ4v) is 2.75. The molecule has 0 saturated heterocycles. The first-order valence-electron chi connectivity index (χ1n) is 7.78. The molecule has 2 aromatic heterocycles. The molecular weight excluding hydrogens is 361 g/mol. The van der Waals surface area contributed by atoms with E-state index in [1.54, 1.807) is 17.1 Å². The Morgan fingerprint density at radius 1 is 1.12 bits per heavy atom. The number of anilines is 2. The quantitative estimate of drug-likeness (QED) is 0.273. The predicted octanol–water partition coefficient (Wildman–Crippen LogP) is 2.27. The first kappa shape index (κ1) is 17.4. The lowest BCUT2D eigenvalue weighted by molar-refractivity contribution is -0.579. The van der Waals surface area contributed by atoms with Gasteiger partial charge >= 0.3 is 5.65 Å². The zero-order valence-electron chi connectivity index (χ0n) is 13.4. The maximum absolute atomic E-state index is 5.84. The number of hydrazone groups is 1. The van der Waals surface area contributed by atoms with Crippen LogP contribution in [0.1, 0.15) is 5.56 Å². The van der Waals surface area contributed by atoms with Gasteiger partial charge in [-0.2, -0.15) is 5.10 Å². The van der Waals surface area contributed by atoms with E-state index in [2.05, 4.69) is 30.7 Å². The Hall–Kier alpha value is -2.38. The molecular formula is C16H18Cl2N7+. The molecule has 0 aliphatic heterocycles. The summed E-state index contributed by atoms with van der Waals surface area (Å²) in [5, 5.41) is 15.3. The Morgan fingerprint density at radius 3 is 2.60 bits per heavy atom. The van der Waals surface area contributed by atoms with Gasteiger partial charge in [0.15, 0.2) is 5.82 Å². The molecule has 0 spiro atoms. The second-order valence-corrected chi connectivity index (χ2v) is 5.97. The van der Waals surface area contributed by atoms with Crippen LogP contribution in [0.5, 0.6) is 0 Å². The number of nitrogens with one attached hydrogen (secondary N) is 2. The van der Waals surface area contributed by atoms with E-state index in [1.807, 2.05) is 36.4 Å². The molecule has 0 atom stereocenters. The number of aromatic nitrogens is 4. The van der Waals surface area contributed by atoms with Gasteiger partial charge in [0.1, 0.15) is 0 Å². The van der Waals surface area contributed by atoms with E-state index in [1.165, 1.54) is 0 Å². The van der Waals surface area contributed by atoms with Gasteiger partial charge in [0, 0.05) is 41.7 Å². The van der Waals surface area contributed by atoms with Gasteiger partial charge in [0.2, 0.25) is 6.33 Å². The first-order chi connectivity index (χ1) is 12.3. The minimum absolute atomic E-state index is 0.566. The SMILES string of the molecule is ClCCN(CCCl)c1ccc(/C=N/Nc2ccc3n[nH]c[n+]3n2)cc1. The first-order valence-corrected chi connectivity index (χ1v) is 8.85. The summed E-state index contributed by atoms with van der Waals surface area (Å²) in [4.78, 5) is 2.15. The molecule has 7 nitrogen and oxygen atoms in total. The summed E-state index contributed by atoms with van der Waals surface area (Å²) in [6.07, 6.45) is 3.40. The van der Waals surface area contributed by atoms with E-state index in [-0.39, 0.29) is 0 Å². The number of alkyl halides is 2. The van der Waals surface area contributed by atoms with Crippen molar-refractivity contribution in [3.05, 3.63) is 48.3 Å². The highest BCUT2D eigenvalue weighted by atomic mass is 35.5. The van der Waals surface area contributed by atoms with Crippen LogP contribution < -0.4 is 14.8 Å². The smallest absolute Gasteiger partial charge is 0.325 e. The summed E-state index contributed by atoms with van der Waals surface area (Å²) < 4.78 is 1.63. The largest absolute Gasteiger partial charge is 0.369 e. The van der Waals surface area contributed by atoms with Gasteiger partial charge in [0.05, 0.1) is 6.21 Å². The van der Waals surface area contributed by atoms with Crippen molar-refractivity contribution in [2.75, 3.05) is 35.2 Å². The Balaban J connectivity index is 1.62. The third kappa shape index (κ3) is 4.58. The van der Waals surface area contributed by atoms with Crippen molar-refractivity contribution in [3.8, 4) is 0 Å². The van der Waals surface area contributed by atoms with Crippen molar-refractivity contribution in [1.82, 2.24) is 15.3 Å². The topological polar surface area (TPSA) is 73.3 Å². The maximum atomic E-state index is 5.84. The summed E-state index contributed by atoms with van der Waals surface area (Å²) in [5.41, 5.74) is 5.71. The molecule has 25 heavy (non-hydrogen) atoms. The normalized spacial score (nSPS) is 11.3. The van der Waals surface area contributed by atoms with Gasteiger partial charge in [-0.3, -0.25) is 5.43 Å². The minimum Gasteiger partial charge on any atom is -0.369 e. The van der Waals surface area contributed by atoms with Crippen molar-refractivity contribution in [1.29, 1.82) is 0 Å². The van der Waals surface area contributed by atoms with Gasteiger partial charge in [-0.15, -0.1) is 32.8 Å². The van der Waals surface area contributed by atoms with E-state index in [4.69, 9.17) is 23.2 Å². The highest BCUT2D eigenvalue weighted by Gasteiger charge is 2.05. The Bertz CT molecular complexity index is 826. The van der Waals surface area contributed by atoms with Gasteiger partial charge in [-0.1, -0.05) is 17.2 Å². The standard InChI is InChI=1S/C16H17Cl2N7/c17-7-9-24(10-8-18)14-3-1-13(2-4-14)11-19-21-15-5-6-16-22-20-12-25(16)23-15/h1-6,11-12H,7-10H2,(H,21,23)/p+1/b19-11+. The lowest BCUT2D eigenvalue weighted by Gasteiger charge is -2.22. The van der Waals surface area contributed by atoms with Crippen LogP contribution in [-0.4, -0.2) is 46.4 Å². The van der Waals surface area contributed by atoms with Crippen molar-refractivity contribution in [3.63, 3.8) is 0 Å². The second-order valence-electron chi connectivity index (χ2n) is 5.22. The molecule has 0 aliphatic rings. The molecule has 130 valence electrons. The number of benzene rings is 1. The molecule has 0 unspecified atom stereocenters. The van der Waals surface area contributed by atoms with Crippen LogP contribution in [0.3, 0.4) is 0 Å². The predicted molar refractivity (Wildman–Crippen MR) is 101 cm³/mol. The number of rotatable bonds is 8. The summed E-state index contributed by atoms with van der Waals surface area (Å²) in [7, 11) is 0. The zero-order valence-corrected chi connectivity index (χ0v) is 15.0. The number of nitrogens with zero attached hydrogens (tertiary/aromatic N) is 5. The molecule has 3 aromatic rings. The van der Waals surface area contributed by atoms with Crippen molar-refractivity contribution in [2.45, 2.75) is 0 Å². The number of hydrogen-bond donors (Lipinski definition) is 2. The summed E-state index contributed by atoms with van der Waals surface area (Å²) >= 11 is 11.7. The van der Waals surface area contributed by atoms with Crippen LogP contribution in [0.2, 0.25) is 0 Å². The third-order valence-corrected chi connectivity index (χ3v) is 3.90. The zero-order chi connectivity index (χ0) is 17.5. The average molecular weight is 379 g/mol. The van der Waals surface area contributed by atoms with Crippen LogP contribution in [0, 0.1) is 0 Å². The molecule has 0 radical (unpaired) electrons. The minimum atomic E-state index is 0.566. The fourth-order valence-electron chi connectivity index (χ4n) is 2.34. The van der Waals surface area contributed by atoms with Crippen LogP contribution >= 0.6 is 23.2 Å². The number of H-pyrrole nitrogens is 1. The number of fused-ring (bicyclic) bond motifs is 1. The Labute approximate surface area is 155 Å². The molecule has 0 fully saturated rings. The molecule has 0 saturated carbocycles. The highest BCUT2D eigenvalue weighted by molar-refractivity contribution is 6.18. The summed E-state index contributed by atoms with van der Waals surface area (Å²) in [6.45, 7) is 1.53. The molecule has 0 amide bonds. The molecule has 3 rings (SSSR count). The number of hydrogen-bond acceptors (Lipinski definition) is 5. The molecule has 2 heterocycles. The van der Waals surface area contributed by atoms with Crippen LogP contribution in [-0.2, 0) is 0 Å². The monoisotopic (exact) mass is 378 g/mol. The van der Waals surface area contributed by atoms with E-state index in [9.17, 15) is 0 Å². The second kappa shape index (κ2) is 8.64. The number of halogens is 2. The Morgan fingerprint density at radius 2 is 1.88 bits per heavy atom. The highest BCUT2D eigenvalue weighted by Crippen LogP contribution is 2.15. The Kier molecular flexibility index (Phi) is 6.03. The summed E-state index contributed by atoms with van der Waals surface area (Å²) in [5.74, 6) is 1.76. The molecule has 0 aliphatic carbocycles. The third-order valence-electron chi connectivity index (χ3n) is 3.56. The van der Waals surface area contributed by atoms with E-state index >= 15 is 0 Å². The van der Waals surface area contributed by atoms with Crippen LogP contribution in [0.15, 0.2) is 47.8 Å². The summed E-state index contributed by atoms with van der Waals surface area (Å²) in [6, 6.07) is 11.7. The van der Waals surface area contributed by atoms with Crippen LogP contribution in [0.4, 0.5) is 11.5 Å². The van der Waals surface area contributed by atoms with E-state index < -0.39 is 0 Å². The van der Waals surface area contributed by atoms with E-state index in [0.29, 0.717) is 17.6 Å². The maximum Gasteiger partial charge on any atom is 0.325 e. The van der Waals surface area contributed by atoms with Crippen LogP contribution in [0.25, 0.3) is 5.65 Å². The van der Waals surface area contributed by atoms with Gasteiger partial charge in [0.25, 0.3) is 0 Å². The molecule has 1 aromatic carbocycles. The molecule has 0 bridgehead atoms. The van der Waals surface area contributed by atoms with Crippen molar-refractivity contribution < 1.29 is 4.52 Å². The van der Waals surface area contributed by atoms with Gasteiger partial charge in [-0.05, 0) is 23.8 Å². The van der Waals surface area contributed by atoms with Gasteiger partial charge in [-0.25, -0.2) is 0 Å². The fraction of sp³-hybridized carbons (Fsp3) is 0.250. The molecule has 9 heteroatoms. The lowest BCUT2D eigenvalue weighted by atomic mass is 10.2. The van der Waals surface area contributed by atoms with Gasteiger partial charge < -0.3 is 4.90 Å². The van der Waals surface area contributed by atoms with Crippen molar-refractivity contribution in [2.24, 2.45) is 5.10 Å². The average Bonchev–Trinajstić information content (AvgIpc) is 3.10. The van der Waals surface area contributed by atoms with Crippen molar-refractivity contribution >= 4 is 46.6 Å². The molecule has 2 N–H and O–H groups in total. The number of aromatic amines is 1.